The van der Waals surface area contributed by atoms with Crippen LogP contribution in [-0.2, 0) is 6.54 Å². The fourth-order valence-electron chi connectivity index (χ4n) is 2.90. The highest BCUT2D eigenvalue weighted by atomic mass is 35.5. The van der Waals surface area contributed by atoms with Gasteiger partial charge in [0, 0.05) is 17.0 Å². The summed E-state index contributed by atoms with van der Waals surface area (Å²) >= 11 is 0. The van der Waals surface area contributed by atoms with E-state index < -0.39 is 12.1 Å². The van der Waals surface area contributed by atoms with Gasteiger partial charge in [-0.1, -0.05) is 42.8 Å². The summed E-state index contributed by atoms with van der Waals surface area (Å²) in [4.78, 5) is 15.5. The van der Waals surface area contributed by atoms with E-state index in [1.807, 2.05) is 31.2 Å². The largest absolute Gasteiger partial charge is 0.337 e. The Morgan fingerprint density at radius 1 is 1.32 bits per heavy atom. The minimum Gasteiger partial charge on any atom is -0.337 e. The molecule has 0 saturated carbocycles. The van der Waals surface area contributed by atoms with Gasteiger partial charge in [0.1, 0.15) is 0 Å². The third-order valence-electron chi connectivity index (χ3n) is 4.18. The van der Waals surface area contributed by atoms with Gasteiger partial charge in [0.15, 0.2) is 6.04 Å². The molecule has 1 saturated heterocycles. The number of nitrogens with one attached hydrogen (secondary N) is 2. The molecule has 3 unspecified atom stereocenters. The standard InChI is InChI=1S/C15H20N6O3.ClH/c1-2-3-11-13(21(22)23)12(19-18-11)15-17-14(20-24-15)10-6-4-9(8-16)5-7-10;/h4-7,11-13,18-19H,2-3,8,16H2,1H3;1H. The maximum absolute atomic E-state index is 11.4. The molecule has 1 fully saturated rings. The summed E-state index contributed by atoms with van der Waals surface area (Å²) in [5, 5.41) is 15.4. The molecule has 1 aliphatic heterocycles. The first-order valence-electron chi connectivity index (χ1n) is 7.91. The Labute approximate surface area is 150 Å². The first kappa shape index (κ1) is 19.3. The Kier molecular flexibility index (Phi) is 6.43. The predicted octanol–water partition coefficient (Wildman–Crippen LogP) is 1.58. The van der Waals surface area contributed by atoms with Crippen LogP contribution in [0.2, 0.25) is 0 Å². The van der Waals surface area contributed by atoms with Gasteiger partial charge in [-0.25, -0.2) is 10.9 Å². The van der Waals surface area contributed by atoms with Crippen LogP contribution in [0.15, 0.2) is 28.8 Å². The maximum atomic E-state index is 11.4. The average molecular weight is 369 g/mol. The molecule has 9 nitrogen and oxygen atoms in total. The Morgan fingerprint density at radius 3 is 2.64 bits per heavy atom. The number of aromatic nitrogens is 2. The molecule has 2 heterocycles. The second-order valence-electron chi connectivity index (χ2n) is 5.79. The van der Waals surface area contributed by atoms with Crippen molar-refractivity contribution in [3.63, 3.8) is 0 Å². The number of nitrogens with zero attached hydrogens (tertiary/aromatic N) is 3. The molecular weight excluding hydrogens is 348 g/mol. The third-order valence-corrected chi connectivity index (χ3v) is 4.18. The average Bonchev–Trinajstić information content (AvgIpc) is 3.22. The predicted molar refractivity (Wildman–Crippen MR) is 93.4 cm³/mol. The number of nitro groups is 1. The van der Waals surface area contributed by atoms with Gasteiger partial charge >= 0.3 is 0 Å². The van der Waals surface area contributed by atoms with E-state index in [-0.39, 0.29) is 29.3 Å². The summed E-state index contributed by atoms with van der Waals surface area (Å²) in [6, 6.07) is 5.70. The molecule has 3 rings (SSSR count). The molecule has 0 amide bonds. The molecule has 136 valence electrons. The maximum Gasteiger partial charge on any atom is 0.254 e. The molecule has 0 spiro atoms. The highest BCUT2D eigenvalue weighted by Gasteiger charge is 2.48. The van der Waals surface area contributed by atoms with E-state index in [2.05, 4.69) is 21.0 Å². The van der Waals surface area contributed by atoms with E-state index in [0.717, 1.165) is 17.5 Å². The van der Waals surface area contributed by atoms with Crippen LogP contribution in [0.1, 0.15) is 37.3 Å². The Morgan fingerprint density at radius 2 is 2.04 bits per heavy atom. The summed E-state index contributed by atoms with van der Waals surface area (Å²) in [5.74, 6) is 0.608. The van der Waals surface area contributed by atoms with Gasteiger partial charge in [0.05, 0.1) is 6.04 Å². The van der Waals surface area contributed by atoms with Crippen molar-refractivity contribution in [1.29, 1.82) is 0 Å². The van der Waals surface area contributed by atoms with E-state index in [1.54, 1.807) is 0 Å². The highest BCUT2D eigenvalue weighted by Crippen LogP contribution is 2.27. The second-order valence-corrected chi connectivity index (χ2v) is 5.79. The second kappa shape index (κ2) is 8.34. The van der Waals surface area contributed by atoms with Gasteiger partial charge in [-0.15, -0.1) is 12.4 Å². The van der Waals surface area contributed by atoms with Crippen molar-refractivity contribution in [2.24, 2.45) is 5.73 Å². The zero-order valence-corrected chi connectivity index (χ0v) is 14.5. The lowest BCUT2D eigenvalue weighted by atomic mass is 10.00. The molecule has 0 aliphatic carbocycles. The highest BCUT2D eigenvalue weighted by molar-refractivity contribution is 5.85. The number of hydrogen-bond acceptors (Lipinski definition) is 8. The smallest absolute Gasteiger partial charge is 0.254 e. The van der Waals surface area contributed by atoms with E-state index in [9.17, 15) is 10.1 Å². The van der Waals surface area contributed by atoms with Gasteiger partial charge in [-0.2, -0.15) is 4.98 Å². The van der Waals surface area contributed by atoms with Gasteiger partial charge < -0.3 is 10.3 Å². The molecule has 10 heteroatoms. The fraction of sp³-hybridized carbons (Fsp3) is 0.467. The van der Waals surface area contributed by atoms with Crippen molar-refractivity contribution < 1.29 is 9.45 Å². The molecule has 1 aromatic carbocycles. The number of nitrogens with two attached hydrogens (primary N) is 1. The van der Waals surface area contributed by atoms with Gasteiger partial charge in [0.2, 0.25) is 5.82 Å². The number of halogens is 1. The van der Waals surface area contributed by atoms with Crippen molar-refractivity contribution in [3.05, 3.63) is 45.8 Å². The summed E-state index contributed by atoms with van der Waals surface area (Å²) in [6.45, 7) is 2.45. The van der Waals surface area contributed by atoms with Gasteiger partial charge in [0.25, 0.3) is 11.9 Å². The lowest BCUT2D eigenvalue weighted by Gasteiger charge is -2.12. The van der Waals surface area contributed by atoms with Gasteiger partial charge in [-0.05, 0) is 12.0 Å². The molecule has 1 aliphatic rings. The van der Waals surface area contributed by atoms with E-state index in [1.165, 1.54) is 0 Å². The van der Waals surface area contributed by atoms with Crippen LogP contribution in [0.4, 0.5) is 0 Å². The van der Waals surface area contributed by atoms with Gasteiger partial charge in [-0.3, -0.25) is 10.1 Å². The molecule has 0 bridgehead atoms. The Balaban J connectivity index is 0.00000225. The van der Waals surface area contributed by atoms with Crippen LogP contribution in [-0.4, -0.2) is 27.1 Å². The van der Waals surface area contributed by atoms with Crippen LogP contribution in [0, 0.1) is 10.1 Å². The van der Waals surface area contributed by atoms with Crippen molar-refractivity contribution in [2.75, 3.05) is 0 Å². The van der Waals surface area contributed by atoms with Crippen LogP contribution in [0.25, 0.3) is 11.4 Å². The molecule has 4 N–H and O–H groups in total. The zero-order chi connectivity index (χ0) is 17.1. The van der Waals surface area contributed by atoms with E-state index >= 15 is 0 Å². The van der Waals surface area contributed by atoms with Crippen molar-refractivity contribution in [1.82, 2.24) is 21.0 Å². The number of rotatable bonds is 6. The zero-order valence-electron chi connectivity index (χ0n) is 13.7. The molecule has 1 aromatic heterocycles. The van der Waals surface area contributed by atoms with Crippen LogP contribution in [0.3, 0.4) is 0 Å². The number of hydrogen-bond donors (Lipinski definition) is 3. The normalized spacial score (nSPS) is 22.6. The van der Waals surface area contributed by atoms with Crippen molar-refractivity contribution in [2.45, 2.75) is 44.4 Å². The lowest BCUT2D eigenvalue weighted by Crippen LogP contribution is -2.37. The third kappa shape index (κ3) is 3.96. The number of benzene rings is 1. The van der Waals surface area contributed by atoms with Crippen LogP contribution >= 0.6 is 12.4 Å². The Hall–Kier alpha value is -2.07. The molecule has 3 atom stereocenters. The topological polar surface area (TPSA) is 132 Å². The Bertz CT molecular complexity index is 708. The molecular formula is C15H21ClN6O3. The quantitative estimate of drug-likeness (QED) is 0.517. The van der Waals surface area contributed by atoms with Crippen LogP contribution < -0.4 is 16.6 Å². The minimum atomic E-state index is -0.849. The first-order valence-corrected chi connectivity index (χ1v) is 7.91. The monoisotopic (exact) mass is 368 g/mol. The lowest BCUT2D eigenvalue weighted by molar-refractivity contribution is -0.527. The number of hydrazine groups is 1. The minimum absolute atomic E-state index is 0. The van der Waals surface area contributed by atoms with Crippen LogP contribution in [0.5, 0.6) is 0 Å². The first-order chi connectivity index (χ1) is 11.6. The summed E-state index contributed by atoms with van der Waals surface area (Å²) < 4.78 is 5.27. The molecule has 0 radical (unpaired) electrons. The SMILES string of the molecule is CCCC1NNC(c2nc(-c3ccc(CN)cc3)no2)C1[N+](=O)[O-].Cl. The van der Waals surface area contributed by atoms with E-state index in [0.29, 0.717) is 18.8 Å². The van der Waals surface area contributed by atoms with Crippen molar-refractivity contribution >= 4 is 12.4 Å². The van der Waals surface area contributed by atoms with E-state index in [4.69, 9.17) is 10.3 Å². The molecule has 2 aromatic rings. The summed E-state index contributed by atoms with van der Waals surface area (Å²) in [5.41, 5.74) is 13.2. The summed E-state index contributed by atoms with van der Waals surface area (Å²) in [7, 11) is 0. The summed E-state index contributed by atoms with van der Waals surface area (Å²) in [6.07, 6.45) is 1.54. The fourth-order valence-corrected chi connectivity index (χ4v) is 2.90. The van der Waals surface area contributed by atoms with Crippen molar-refractivity contribution in [3.8, 4) is 11.4 Å². The molecule has 25 heavy (non-hydrogen) atoms.